The molecule has 2 heterocycles. The number of hydrogen-bond acceptors (Lipinski definition) is 5. The molecule has 2 aromatic heterocycles. The SMILES string of the molecule is Cn1nnc2c(=O)n(CC3(O)CCCC3)cnc21. The van der Waals surface area contributed by atoms with E-state index >= 15 is 0 Å². The summed E-state index contributed by atoms with van der Waals surface area (Å²) in [6.45, 7) is 0.283. The molecule has 1 saturated carbocycles. The van der Waals surface area contributed by atoms with E-state index in [0.29, 0.717) is 5.65 Å². The Kier molecular flexibility index (Phi) is 2.44. The molecule has 7 heteroatoms. The van der Waals surface area contributed by atoms with Gasteiger partial charge in [-0.1, -0.05) is 18.1 Å². The first-order valence-electron chi connectivity index (χ1n) is 6.06. The largest absolute Gasteiger partial charge is 0.388 e. The van der Waals surface area contributed by atoms with E-state index < -0.39 is 5.60 Å². The number of hydrogen-bond donors (Lipinski definition) is 1. The summed E-state index contributed by atoms with van der Waals surface area (Å²) in [6, 6.07) is 0. The van der Waals surface area contributed by atoms with Crippen molar-refractivity contribution in [2.45, 2.75) is 37.8 Å². The third kappa shape index (κ3) is 1.71. The Hall–Kier alpha value is -1.76. The smallest absolute Gasteiger partial charge is 0.283 e. The molecule has 0 saturated heterocycles. The van der Waals surface area contributed by atoms with Gasteiger partial charge in [-0.3, -0.25) is 9.36 Å². The van der Waals surface area contributed by atoms with E-state index in [1.54, 1.807) is 7.05 Å². The van der Waals surface area contributed by atoms with E-state index in [0.717, 1.165) is 25.7 Å². The molecule has 0 spiro atoms. The second-order valence-electron chi connectivity index (χ2n) is 4.99. The molecule has 0 aliphatic heterocycles. The molecule has 1 N–H and O–H groups in total. The maximum absolute atomic E-state index is 12.2. The number of aryl methyl sites for hydroxylation is 1. The van der Waals surface area contributed by atoms with Gasteiger partial charge in [0, 0.05) is 7.05 Å². The Bertz CT molecular complexity index is 638. The van der Waals surface area contributed by atoms with Crippen molar-refractivity contribution >= 4 is 11.2 Å². The van der Waals surface area contributed by atoms with Gasteiger partial charge in [0.15, 0.2) is 11.2 Å². The summed E-state index contributed by atoms with van der Waals surface area (Å²) in [4.78, 5) is 16.3. The second kappa shape index (κ2) is 3.88. The molecule has 1 aliphatic carbocycles. The van der Waals surface area contributed by atoms with Crippen LogP contribution in [0.25, 0.3) is 11.2 Å². The zero-order valence-electron chi connectivity index (χ0n) is 10.2. The fraction of sp³-hybridized carbons (Fsp3) is 0.636. The van der Waals surface area contributed by atoms with E-state index in [1.807, 2.05) is 0 Å². The maximum atomic E-state index is 12.2. The van der Waals surface area contributed by atoms with Gasteiger partial charge in [0.25, 0.3) is 5.56 Å². The quantitative estimate of drug-likeness (QED) is 0.798. The van der Waals surface area contributed by atoms with E-state index in [9.17, 15) is 9.90 Å². The third-order valence-corrected chi connectivity index (χ3v) is 3.58. The Morgan fingerprint density at radius 2 is 2.17 bits per heavy atom. The highest BCUT2D eigenvalue weighted by molar-refractivity contribution is 5.67. The molecule has 0 unspecified atom stereocenters. The summed E-state index contributed by atoms with van der Waals surface area (Å²) in [5.41, 5.74) is -0.300. The summed E-state index contributed by atoms with van der Waals surface area (Å²) in [5, 5.41) is 17.9. The van der Waals surface area contributed by atoms with Crippen LogP contribution in [0.4, 0.5) is 0 Å². The number of aromatic nitrogens is 5. The van der Waals surface area contributed by atoms with Gasteiger partial charge in [-0.25, -0.2) is 9.67 Å². The molecule has 2 aromatic rings. The van der Waals surface area contributed by atoms with E-state index in [4.69, 9.17) is 0 Å². The molecule has 1 aliphatic rings. The molecule has 0 radical (unpaired) electrons. The highest BCUT2D eigenvalue weighted by Crippen LogP contribution is 2.30. The first-order chi connectivity index (χ1) is 8.59. The molecule has 0 bridgehead atoms. The lowest BCUT2D eigenvalue weighted by atomic mass is 10.0. The van der Waals surface area contributed by atoms with E-state index in [2.05, 4.69) is 15.3 Å². The molecule has 0 aromatic carbocycles. The standard InChI is InChI=1S/C11H15N5O2/c1-15-9-8(13-14-15)10(17)16(7-12-9)6-11(18)4-2-3-5-11/h7,18H,2-6H2,1H3. The number of fused-ring (bicyclic) bond motifs is 1. The van der Waals surface area contributed by atoms with Crippen LogP contribution in [0, 0.1) is 0 Å². The summed E-state index contributed by atoms with van der Waals surface area (Å²) in [7, 11) is 1.69. The van der Waals surface area contributed by atoms with Crippen LogP contribution in [0.15, 0.2) is 11.1 Å². The van der Waals surface area contributed by atoms with Gasteiger partial charge in [-0.2, -0.15) is 0 Å². The predicted octanol–water partition coefficient (Wildman–Crippen LogP) is -0.170. The lowest BCUT2D eigenvalue weighted by molar-refractivity contribution is 0.0288. The van der Waals surface area contributed by atoms with Crippen molar-refractivity contribution in [3.63, 3.8) is 0 Å². The lowest BCUT2D eigenvalue weighted by Crippen LogP contribution is -2.35. The van der Waals surface area contributed by atoms with Crippen LogP contribution < -0.4 is 5.56 Å². The zero-order chi connectivity index (χ0) is 12.8. The van der Waals surface area contributed by atoms with Crippen molar-refractivity contribution in [3.05, 3.63) is 16.7 Å². The Labute approximate surface area is 103 Å². The molecule has 18 heavy (non-hydrogen) atoms. The van der Waals surface area contributed by atoms with Crippen molar-refractivity contribution in [1.29, 1.82) is 0 Å². The van der Waals surface area contributed by atoms with Crippen LogP contribution in [0.3, 0.4) is 0 Å². The molecular formula is C11H15N5O2. The minimum atomic E-state index is -0.776. The van der Waals surface area contributed by atoms with Crippen LogP contribution in [0.2, 0.25) is 0 Å². The number of rotatable bonds is 2. The first-order valence-corrected chi connectivity index (χ1v) is 6.06. The third-order valence-electron chi connectivity index (χ3n) is 3.58. The van der Waals surface area contributed by atoms with Gasteiger partial charge in [-0.15, -0.1) is 5.10 Å². The van der Waals surface area contributed by atoms with Gasteiger partial charge in [-0.05, 0) is 12.8 Å². The summed E-state index contributed by atoms with van der Waals surface area (Å²) in [5.74, 6) is 0. The van der Waals surface area contributed by atoms with Crippen LogP contribution >= 0.6 is 0 Å². The minimum absolute atomic E-state index is 0.242. The summed E-state index contributed by atoms with van der Waals surface area (Å²) >= 11 is 0. The molecule has 96 valence electrons. The average molecular weight is 249 g/mol. The fourth-order valence-corrected chi connectivity index (χ4v) is 2.57. The topological polar surface area (TPSA) is 85.8 Å². The fourth-order valence-electron chi connectivity index (χ4n) is 2.57. The number of aliphatic hydroxyl groups is 1. The maximum Gasteiger partial charge on any atom is 0.283 e. The van der Waals surface area contributed by atoms with Crippen LogP contribution in [-0.4, -0.2) is 35.3 Å². The molecular weight excluding hydrogens is 234 g/mol. The Morgan fingerprint density at radius 3 is 2.89 bits per heavy atom. The molecule has 0 atom stereocenters. The van der Waals surface area contributed by atoms with Gasteiger partial charge in [0.2, 0.25) is 0 Å². The van der Waals surface area contributed by atoms with Gasteiger partial charge < -0.3 is 5.11 Å². The minimum Gasteiger partial charge on any atom is -0.388 e. The molecule has 7 nitrogen and oxygen atoms in total. The normalized spacial score (nSPS) is 18.6. The summed E-state index contributed by atoms with van der Waals surface area (Å²) < 4.78 is 2.90. The first kappa shape index (κ1) is 11.3. The molecule has 1 fully saturated rings. The predicted molar refractivity (Wildman–Crippen MR) is 64.0 cm³/mol. The van der Waals surface area contributed by atoms with Gasteiger partial charge in [0.05, 0.1) is 12.1 Å². The highest BCUT2D eigenvalue weighted by Gasteiger charge is 2.32. The van der Waals surface area contributed by atoms with E-state index in [-0.39, 0.29) is 17.6 Å². The van der Waals surface area contributed by atoms with Crippen LogP contribution in [-0.2, 0) is 13.6 Å². The van der Waals surface area contributed by atoms with Crippen molar-refractivity contribution in [2.24, 2.45) is 7.05 Å². The molecule has 3 rings (SSSR count). The van der Waals surface area contributed by atoms with E-state index in [1.165, 1.54) is 15.6 Å². The second-order valence-corrected chi connectivity index (χ2v) is 4.99. The number of nitrogens with zero attached hydrogens (tertiary/aromatic N) is 5. The van der Waals surface area contributed by atoms with Crippen molar-refractivity contribution in [3.8, 4) is 0 Å². The zero-order valence-corrected chi connectivity index (χ0v) is 10.2. The van der Waals surface area contributed by atoms with Crippen LogP contribution in [0.1, 0.15) is 25.7 Å². The monoisotopic (exact) mass is 249 g/mol. The summed E-state index contributed by atoms with van der Waals surface area (Å²) in [6.07, 6.45) is 4.94. The van der Waals surface area contributed by atoms with Gasteiger partial charge >= 0.3 is 0 Å². The average Bonchev–Trinajstić information content (AvgIpc) is 2.91. The van der Waals surface area contributed by atoms with Gasteiger partial charge in [0.1, 0.15) is 6.33 Å². The Balaban J connectivity index is 2.02. The lowest BCUT2D eigenvalue weighted by Gasteiger charge is -2.22. The Morgan fingerprint density at radius 1 is 1.44 bits per heavy atom. The van der Waals surface area contributed by atoms with Crippen LogP contribution in [0.5, 0.6) is 0 Å². The van der Waals surface area contributed by atoms with Crippen molar-refractivity contribution < 1.29 is 5.11 Å². The highest BCUT2D eigenvalue weighted by atomic mass is 16.3. The van der Waals surface area contributed by atoms with Crippen molar-refractivity contribution in [1.82, 2.24) is 24.5 Å². The molecule has 0 amide bonds. The van der Waals surface area contributed by atoms with Crippen molar-refractivity contribution in [2.75, 3.05) is 0 Å².